The van der Waals surface area contributed by atoms with E-state index in [1.54, 1.807) is 12.1 Å². The second-order valence-electron chi connectivity index (χ2n) is 4.35. The first-order chi connectivity index (χ1) is 8.06. The Hall–Kier alpha value is -1.51. The van der Waals surface area contributed by atoms with Crippen LogP contribution in [0.5, 0.6) is 0 Å². The summed E-state index contributed by atoms with van der Waals surface area (Å²) < 4.78 is 0. The summed E-state index contributed by atoms with van der Waals surface area (Å²) in [5, 5.41) is 12.3. The van der Waals surface area contributed by atoms with E-state index in [0.29, 0.717) is 5.56 Å². The van der Waals surface area contributed by atoms with Crippen LogP contribution in [0, 0.1) is 0 Å². The molecule has 0 amide bonds. The van der Waals surface area contributed by atoms with Crippen LogP contribution in [0.25, 0.3) is 0 Å². The van der Waals surface area contributed by atoms with Crippen LogP contribution >= 0.6 is 0 Å². The van der Waals surface area contributed by atoms with Gasteiger partial charge in [-0.15, -0.1) is 0 Å². The minimum absolute atomic E-state index is 0.116. The van der Waals surface area contributed by atoms with Crippen LogP contribution in [0.2, 0.25) is 0 Å². The van der Waals surface area contributed by atoms with Gasteiger partial charge in [-0.2, -0.15) is 0 Å². The van der Waals surface area contributed by atoms with E-state index in [4.69, 9.17) is 5.11 Å². The second kappa shape index (κ2) is 5.71. The number of rotatable bonds is 6. The highest BCUT2D eigenvalue weighted by atomic mass is 16.4. The predicted octanol–water partition coefficient (Wildman–Crippen LogP) is 3.77. The van der Waals surface area contributed by atoms with E-state index in [1.807, 2.05) is 12.1 Å². The summed E-state index contributed by atoms with van der Waals surface area (Å²) in [4.78, 5) is 10.7. The van der Waals surface area contributed by atoms with Crippen LogP contribution in [0.15, 0.2) is 24.3 Å². The quantitative estimate of drug-likeness (QED) is 0.789. The number of aromatic carboxylic acids is 1. The molecule has 2 N–H and O–H groups in total. The van der Waals surface area contributed by atoms with Crippen molar-refractivity contribution in [2.24, 2.45) is 0 Å². The number of nitrogens with one attached hydrogen (secondary N) is 1. The minimum Gasteiger partial charge on any atom is -0.478 e. The van der Waals surface area contributed by atoms with Crippen LogP contribution in [-0.4, -0.2) is 16.6 Å². The highest BCUT2D eigenvalue weighted by Gasteiger charge is 2.23. The fraction of sp³-hybridized carbons (Fsp3) is 0.500. The molecule has 0 fully saturated rings. The Morgan fingerprint density at radius 1 is 1.12 bits per heavy atom. The molecule has 1 aromatic carbocycles. The molecular weight excluding hydrogens is 214 g/mol. The van der Waals surface area contributed by atoms with E-state index in [9.17, 15) is 4.79 Å². The first-order valence-electron chi connectivity index (χ1n) is 6.18. The summed E-state index contributed by atoms with van der Waals surface area (Å²) in [5.74, 6) is -0.885. The third-order valence-electron chi connectivity index (χ3n) is 3.57. The Morgan fingerprint density at radius 3 is 1.94 bits per heavy atom. The van der Waals surface area contributed by atoms with Crippen molar-refractivity contribution in [1.82, 2.24) is 0 Å². The highest BCUT2D eigenvalue weighted by molar-refractivity contribution is 5.88. The Morgan fingerprint density at radius 2 is 1.59 bits per heavy atom. The summed E-state index contributed by atoms with van der Waals surface area (Å²) in [6.45, 7) is 6.52. The molecule has 0 unspecified atom stereocenters. The van der Waals surface area contributed by atoms with Crippen LogP contribution in [0.3, 0.4) is 0 Å². The molecule has 0 spiro atoms. The zero-order chi connectivity index (χ0) is 12.9. The van der Waals surface area contributed by atoms with Crippen molar-refractivity contribution >= 4 is 11.7 Å². The maximum absolute atomic E-state index is 10.7. The van der Waals surface area contributed by atoms with Crippen LogP contribution in [-0.2, 0) is 0 Å². The number of anilines is 1. The number of carboxylic acid groups (broad SMARTS) is 1. The summed E-state index contributed by atoms with van der Waals surface area (Å²) in [6.07, 6.45) is 3.17. The average Bonchev–Trinajstić information content (AvgIpc) is 2.37. The molecule has 3 heteroatoms. The van der Waals surface area contributed by atoms with Gasteiger partial charge in [0.05, 0.1) is 5.56 Å². The fourth-order valence-electron chi connectivity index (χ4n) is 2.02. The molecule has 0 radical (unpaired) electrons. The van der Waals surface area contributed by atoms with Gasteiger partial charge >= 0.3 is 5.97 Å². The fourth-order valence-corrected chi connectivity index (χ4v) is 2.02. The van der Waals surface area contributed by atoms with E-state index in [-0.39, 0.29) is 5.54 Å². The first kappa shape index (κ1) is 13.6. The molecule has 0 bridgehead atoms. The second-order valence-corrected chi connectivity index (χ2v) is 4.35. The Bertz CT molecular complexity index is 358. The topological polar surface area (TPSA) is 49.3 Å². The maximum atomic E-state index is 10.7. The molecule has 0 aliphatic heterocycles. The van der Waals surface area contributed by atoms with Gasteiger partial charge in [0.15, 0.2) is 0 Å². The van der Waals surface area contributed by atoms with Gasteiger partial charge in [0.2, 0.25) is 0 Å². The summed E-state index contributed by atoms with van der Waals surface area (Å²) in [6, 6.07) is 6.94. The van der Waals surface area contributed by atoms with Gasteiger partial charge in [-0.3, -0.25) is 0 Å². The first-order valence-corrected chi connectivity index (χ1v) is 6.18. The molecular formula is C14H21NO2. The SMILES string of the molecule is CCC(CC)(CC)Nc1ccc(C(=O)O)cc1. The van der Waals surface area contributed by atoms with Crippen LogP contribution in [0.1, 0.15) is 50.4 Å². The molecule has 3 nitrogen and oxygen atoms in total. The number of benzene rings is 1. The van der Waals surface area contributed by atoms with Crippen molar-refractivity contribution in [3.8, 4) is 0 Å². The van der Waals surface area contributed by atoms with Gasteiger partial charge in [-0.1, -0.05) is 20.8 Å². The Balaban J connectivity index is 2.84. The molecule has 0 saturated carbocycles. The number of hydrogen-bond donors (Lipinski definition) is 2. The maximum Gasteiger partial charge on any atom is 0.335 e. The van der Waals surface area contributed by atoms with Crippen molar-refractivity contribution < 1.29 is 9.90 Å². The van der Waals surface area contributed by atoms with Gasteiger partial charge in [-0.25, -0.2) is 4.79 Å². The van der Waals surface area contributed by atoms with Crippen LogP contribution < -0.4 is 5.32 Å². The lowest BCUT2D eigenvalue weighted by Gasteiger charge is -2.33. The highest BCUT2D eigenvalue weighted by Crippen LogP contribution is 2.25. The molecule has 17 heavy (non-hydrogen) atoms. The molecule has 0 heterocycles. The molecule has 1 aromatic rings. The average molecular weight is 235 g/mol. The third kappa shape index (κ3) is 3.22. The van der Waals surface area contributed by atoms with Crippen molar-refractivity contribution in [3.05, 3.63) is 29.8 Å². The molecule has 1 rings (SSSR count). The summed E-state index contributed by atoms with van der Waals surface area (Å²) in [5.41, 5.74) is 1.43. The minimum atomic E-state index is -0.885. The number of carboxylic acids is 1. The van der Waals surface area contributed by atoms with E-state index in [0.717, 1.165) is 24.9 Å². The normalized spacial score (nSPS) is 11.2. The van der Waals surface area contributed by atoms with E-state index in [1.165, 1.54) is 0 Å². The molecule has 0 atom stereocenters. The van der Waals surface area contributed by atoms with Crippen molar-refractivity contribution in [2.45, 2.75) is 45.6 Å². The zero-order valence-corrected chi connectivity index (χ0v) is 10.8. The lowest BCUT2D eigenvalue weighted by Crippen LogP contribution is -2.36. The van der Waals surface area contributed by atoms with E-state index >= 15 is 0 Å². The van der Waals surface area contributed by atoms with Crippen molar-refractivity contribution in [2.75, 3.05) is 5.32 Å². The van der Waals surface area contributed by atoms with Crippen molar-refractivity contribution in [3.63, 3.8) is 0 Å². The van der Waals surface area contributed by atoms with Gasteiger partial charge in [0, 0.05) is 11.2 Å². The number of hydrogen-bond acceptors (Lipinski definition) is 2. The predicted molar refractivity (Wildman–Crippen MR) is 70.6 cm³/mol. The lowest BCUT2D eigenvalue weighted by molar-refractivity contribution is 0.0697. The zero-order valence-electron chi connectivity index (χ0n) is 10.8. The van der Waals surface area contributed by atoms with Gasteiger partial charge < -0.3 is 10.4 Å². The number of carbonyl (C=O) groups is 1. The summed E-state index contributed by atoms with van der Waals surface area (Å²) >= 11 is 0. The molecule has 94 valence electrons. The van der Waals surface area contributed by atoms with Gasteiger partial charge in [0.25, 0.3) is 0 Å². The van der Waals surface area contributed by atoms with Crippen molar-refractivity contribution in [1.29, 1.82) is 0 Å². The Labute approximate surface area is 103 Å². The van der Waals surface area contributed by atoms with Gasteiger partial charge in [-0.05, 0) is 43.5 Å². The third-order valence-corrected chi connectivity index (χ3v) is 3.57. The molecule has 0 aliphatic rings. The van der Waals surface area contributed by atoms with E-state index < -0.39 is 5.97 Å². The van der Waals surface area contributed by atoms with Gasteiger partial charge in [0.1, 0.15) is 0 Å². The summed E-state index contributed by atoms with van der Waals surface area (Å²) in [7, 11) is 0. The van der Waals surface area contributed by atoms with Crippen LogP contribution in [0.4, 0.5) is 5.69 Å². The smallest absolute Gasteiger partial charge is 0.335 e. The molecule has 0 aromatic heterocycles. The molecule has 0 saturated heterocycles. The standard InChI is InChI=1S/C14H21NO2/c1-4-14(5-2,6-3)15-12-9-7-11(8-10-12)13(16)17/h7-10,15H,4-6H2,1-3H3,(H,16,17). The largest absolute Gasteiger partial charge is 0.478 e. The lowest BCUT2D eigenvalue weighted by atomic mass is 9.89. The molecule has 0 aliphatic carbocycles. The monoisotopic (exact) mass is 235 g/mol. The van der Waals surface area contributed by atoms with E-state index in [2.05, 4.69) is 26.1 Å². The Kier molecular flexibility index (Phi) is 4.55.